The van der Waals surface area contributed by atoms with E-state index in [0.717, 1.165) is 18.6 Å². The highest BCUT2D eigenvalue weighted by molar-refractivity contribution is 5.50. The van der Waals surface area contributed by atoms with Crippen LogP contribution in [0.3, 0.4) is 0 Å². The van der Waals surface area contributed by atoms with Gasteiger partial charge in [0.2, 0.25) is 0 Å². The van der Waals surface area contributed by atoms with Crippen LogP contribution in [0.15, 0.2) is 18.2 Å². The van der Waals surface area contributed by atoms with E-state index in [1.807, 2.05) is 12.1 Å². The molecule has 1 aromatic carbocycles. The van der Waals surface area contributed by atoms with Crippen molar-refractivity contribution in [3.05, 3.63) is 29.3 Å². The van der Waals surface area contributed by atoms with Gasteiger partial charge in [-0.05, 0) is 37.0 Å². The SMILES string of the molecule is C#CC1(c2cccc(OC)c2C)CC1. The van der Waals surface area contributed by atoms with Gasteiger partial charge < -0.3 is 4.74 Å². The fourth-order valence-electron chi connectivity index (χ4n) is 1.97. The molecule has 14 heavy (non-hydrogen) atoms. The first-order valence-electron chi connectivity index (χ1n) is 4.85. The Morgan fingerprint density at radius 3 is 2.64 bits per heavy atom. The van der Waals surface area contributed by atoms with E-state index in [9.17, 15) is 0 Å². The number of rotatable bonds is 2. The maximum absolute atomic E-state index is 5.57. The highest BCUT2D eigenvalue weighted by atomic mass is 16.5. The van der Waals surface area contributed by atoms with Gasteiger partial charge in [0.25, 0.3) is 0 Å². The van der Waals surface area contributed by atoms with Gasteiger partial charge in [-0.2, -0.15) is 0 Å². The Labute approximate surface area is 85.1 Å². The summed E-state index contributed by atoms with van der Waals surface area (Å²) in [7, 11) is 1.70. The van der Waals surface area contributed by atoms with E-state index in [4.69, 9.17) is 11.2 Å². The molecule has 0 bridgehead atoms. The number of ether oxygens (including phenoxy) is 1. The summed E-state index contributed by atoms with van der Waals surface area (Å²) in [6.07, 6.45) is 7.79. The Hall–Kier alpha value is -1.42. The molecule has 0 amide bonds. The quantitative estimate of drug-likeness (QED) is 0.645. The van der Waals surface area contributed by atoms with Crippen LogP contribution < -0.4 is 4.74 Å². The number of hydrogen-bond acceptors (Lipinski definition) is 1. The monoisotopic (exact) mass is 186 g/mol. The summed E-state index contributed by atoms with van der Waals surface area (Å²) >= 11 is 0. The summed E-state index contributed by atoms with van der Waals surface area (Å²) in [6.45, 7) is 2.07. The van der Waals surface area contributed by atoms with Crippen LogP contribution in [0.4, 0.5) is 0 Å². The second-order valence-electron chi connectivity index (χ2n) is 3.86. The lowest BCUT2D eigenvalue weighted by atomic mass is 9.92. The topological polar surface area (TPSA) is 9.23 Å². The predicted molar refractivity (Wildman–Crippen MR) is 57.5 cm³/mol. The van der Waals surface area contributed by atoms with E-state index < -0.39 is 0 Å². The number of hydrogen-bond donors (Lipinski definition) is 0. The Kier molecular flexibility index (Phi) is 2.00. The molecule has 1 aromatic rings. The molecule has 0 atom stereocenters. The molecule has 0 aromatic heterocycles. The van der Waals surface area contributed by atoms with Crippen LogP contribution >= 0.6 is 0 Å². The summed E-state index contributed by atoms with van der Waals surface area (Å²) in [5, 5.41) is 0. The van der Waals surface area contributed by atoms with Crippen LogP contribution in [-0.4, -0.2) is 7.11 Å². The van der Waals surface area contributed by atoms with Crippen LogP contribution in [0, 0.1) is 19.3 Å². The van der Waals surface area contributed by atoms with Crippen molar-refractivity contribution in [2.24, 2.45) is 0 Å². The zero-order chi connectivity index (χ0) is 10.2. The summed E-state index contributed by atoms with van der Waals surface area (Å²) < 4.78 is 5.28. The van der Waals surface area contributed by atoms with Crippen LogP contribution in [0.25, 0.3) is 0 Å². The molecule has 1 aliphatic carbocycles. The van der Waals surface area contributed by atoms with Gasteiger partial charge >= 0.3 is 0 Å². The van der Waals surface area contributed by atoms with E-state index in [-0.39, 0.29) is 5.41 Å². The van der Waals surface area contributed by atoms with Crippen molar-refractivity contribution in [2.45, 2.75) is 25.2 Å². The van der Waals surface area contributed by atoms with Gasteiger partial charge in [0.05, 0.1) is 12.5 Å². The molecule has 1 saturated carbocycles. The van der Waals surface area contributed by atoms with Crippen LogP contribution in [0.5, 0.6) is 5.75 Å². The average Bonchev–Trinajstić information content (AvgIpc) is 2.99. The molecule has 2 rings (SSSR count). The number of benzene rings is 1. The van der Waals surface area contributed by atoms with E-state index in [1.165, 1.54) is 11.1 Å². The van der Waals surface area contributed by atoms with E-state index in [2.05, 4.69) is 18.9 Å². The maximum atomic E-state index is 5.57. The van der Waals surface area contributed by atoms with Gasteiger partial charge in [-0.25, -0.2) is 0 Å². The van der Waals surface area contributed by atoms with Crippen molar-refractivity contribution in [1.82, 2.24) is 0 Å². The predicted octanol–water partition coefficient (Wildman–Crippen LogP) is 2.67. The molecular weight excluding hydrogens is 172 g/mol. The number of methoxy groups -OCH3 is 1. The molecular formula is C13H14O. The maximum Gasteiger partial charge on any atom is 0.122 e. The summed E-state index contributed by atoms with van der Waals surface area (Å²) in [5.41, 5.74) is 2.46. The van der Waals surface area contributed by atoms with E-state index in [1.54, 1.807) is 7.11 Å². The third-order valence-electron chi connectivity index (χ3n) is 3.05. The lowest BCUT2D eigenvalue weighted by Gasteiger charge is -2.14. The van der Waals surface area contributed by atoms with Crippen LogP contribution in [0.1, 0.15) is 24.0 Å². The highest BCUT2D eigenvalue weighted by Gasteiger charge is 2.43. The van der Waals surface area contributed by atoms with Crippen molar-refractivity contribution < 1.29 is 4.74 Å². The zero-order valence-corrected chi connectivity index (χ0v) is 8.63. The first kappa shape index (κ1) is 9.15. The molecule has 1 nitrogen and oxygen atoms in total. The summed E-state index contributed by atoms with van der Waals surface area (Å²) in [6, 6.07) is 6.11. The van der Waals surface area contributed by atoms with E-state index in [0.29, 0.717) is 0 Å². The minimum Gasteiger partial charge on any atom is -0.496 e. The van der Waals surface area contributed by atoms with Crippen molar-refractivity contribution in [3.8, 4) is 18.1 Å². The third-order valence-corrected chi connectivity index (χ3v) is 3.05. The van der Waals surface area contributed by atoms with Crippen molar-refractivity contribution in [2.75, 3.05) is 7.11 Å². The summed E-state index contributed by atoms with van der Waals surface area (Å²) in [4.78, 5) is 0. The normalized spacial score (nSPS) is 17.2. The minimum absolute atomic E-state index is 0.0125. The molecule has 0 unspecified atom stereocenters. The van der Waals surface area contributed by atoms with Gasteiger partial charge in [-0.15, -0.1) is 6.42 Å². The van der Waals surface area contributed by atoms with Gasteiger partial charge in [0.1, 0.15) is 5.75 Å². The standard InChI is InChI=1S/C13H14O/c1-4-13(8-9-13)11-6-5-7-12(14-3)10(11)2/h1,5-7H,8-9H2,2-3H3. The zero-order valence-electron chi connectivity index (χ0n) is 8.63. The second kappa shape index (κ2) is 3.06. The summed E-state index contributed by atoms with van der Waals surface area (Å²) in [5.74, 6) is 3.84. The first-order chi connectivity index (χ1) is 6.73. The molecule has 0 aliphatic heterocycles. The lowest BCUT2D eigenvalue weighted by Crippen LogP contribution is -2.05. The van der Waals surface area contributed by atoms with Crippen molar-refractivity contribution in [3.63, 3.8) is 0 Å². The van der Waals surface area contributed by atoms with Gasteiger partial charge in [-0.3, -0.25) is 0 Å². The molecule has 1 heteroatoms. The molecule has 0 spiro atoms. The Balaban J connectivity index is 2.50. The smallest absolute Gasteiger partial charge is 0.122 e. The van der Waals surface area contributed by atoms with Crippen LogP contribution in [-0.2, 0) is 5.41 Å². The Bertz CT molecular complexity index is 394. The highest BCUT2D eigenvalue weighted by Crippen LogP contribution is 2.49. The molecule has 1 fully saturated rings. The van der Waals surface area contributed by atoms with Gasteiger partial charge in [0, 0.05) is 0 Å². The molecule has 0 N–H and O–H groups in total. The molecule has 72 valence electrons. The van der Waals surface area contributed by atoms with Crippen molar-refractivity contribution in [1.29, 1.82) is 0 Å². The first-order valence-corrected chi connectivity index (χ1v) is 4.85. The van der Waals surface area contributed by atoms with Gasteiger partial charge in [-0.1, -0.05) is 18.1 Å². The number of terminal acetylenes is 1. The molecule has 1 aliphatic rings. The molecule has 0 radical (unpaired) electrons. The lowest BCUT2D eigenvalue weighted by molar-refractivity contribution is 0.410. The van der Waals surface area contributed by atoms with Crippen LogP contribution in [0.2, 0.25) is 0 Å². The Morgan fingerprint density at radius 1 is 1.43 bits per heavy atom. The fraction of sp³-hybridized carbons (Fsp3) is 0.385. The molecule has 0 heterocycles. The van der Waals surface area contributed by atoms with Crippen molar-refractivity contribution >= 4 is 0 Å². The third kappa shape index (κ3) is 1.19. The minimum atomic E-state index is 0.0125. The molecule has 0 saturated heterocycles. The van der Waals surface area contributed by atoms with E-state index >= 15 is 0 Å². The second-order valence-corrected chi connectivity index (χ2v) is 3.86. The Morgan fingerprint density at radius 2 is 2.14 bits per heavy atom. The van der Waals surface area contributed by atoms with Gasteiger partial charge in [0.15, 0.2) is 0 Å². The fourth-order valence-corrected chi connectivity index (χ4v) is 1.97. The average molecular weight is 186 g/mol. The largest absolute Gasteiger partial charge is 0.496 e.